The lowest BCUT2D eigenvalue weighted by atomic mass is 10.2. The molecule has 2 aromatic carbocycles. The Kier molecular flexibility index (Phi) is 4.06. The smallest absolute Gasteiger partial charge is 0.203 e. The van der Waals surface area contributed by atoms with Crippen molar-refractivity contribution in [1.82, 2.24) is 9.55 Å². The van der Waals surface area contributed by atoms with Crippen molar-refractivity contribution < 1.29 is 0 Å². The van der Waals surface area contributed by atoms with Crippen LogP contribution in [0.25, 0.3) is 11.3 Å². The molecular weight excluding hydrogens is 326 g/mol. The molecule has 4 heteroatoms. The molecule has 0 amide bonds. The molecule has 0 unspecified atom stereocenters. The van der Waals surface area contributed by atoms with Gasteiger partial charge in [0.25, 0.3) is 0 Å². The maximum atomic E-state index is 4.47. The van der Waals surface area contributed by atoms with E-state index in [-0.39, 0.29) is 0 Å². The second-order valence-electron chi connectivity index (χ2n) is 4.88. The van der Waals surface area contributed by atoms with Crippen molar-refractivity contribution in [1.29, 1.82) is 0 Å². The van der Waals surface area contributed by atoms with Crippen molar-refractivity contribution in [3.05, 3.63) is 70.8 Å². The summed E-state index contributed by atoms with van der Waals surface area (Å²) in [5, 5.41) is 3.37. The largest absolute Gasteiger partial charge is 0.352 e. The second-order valence-corrected chi connectivity index (χ2v) is 5.79. The molecule has 0 aliphatic rings. The van der Waals surface area contributed by atoms with Crippen LogP contribution < -0.4 is 5.32 Å². The minimum Gasteiger partial charge on any atom is -0.352 e. The third-order valence-electron chi connectivity index (χ3n) is 3.40. The van der Waals surface area contributed by atoms with Crippen LogP contribution in [0, 0.1) is 0 Å². The fraction of sp³-hybridized carbons (Fsp3) is 0.118. The Balaban J connectivity index is 1.80. The molecule has 1 aromatic heterocycles. The lowest BCUT2D eigenvalue weighted by molar-refractivity contribution is 0.907. The van der Waals surface area contributed by atoms with Crippen LogP contribution >= 0.6 is 15.9 Å². The molecule has 0 aliphatic carbocycles. The molecule has 3 nitrogen and oxygen atoms in total. The summed E-state index contributed by atoms with van der Waals surface area (Å²) in [6.07, 6.45) is 1.90. The minimum absolute atomic E-state index is 0.767. The van der Waals surface area contributed by atoms with Crippen LogP contribution in [0.1, 0.15) is 5.56 Å². The summed E-state index contributed by atoms with van der Waals surface area (Å²) in [4.78, 5) is 4.47. The van der Waals surface area contributed by atoms with Crippen molar-refractivity contribution in [3.8, 4) is 11.3 Å². The molecule has 0 bridgehead atoms. The number of hydrogen-bond donors (Lipinski definition) is 1. The van der Waals surface area contributed by atoms with E-state index in [0.29, 0.717) is 0 Å². The van der Waals surface area contributed by atoms with E-state index in [1.54, 1.807) is 0 Å². The van der Waals surface area contributed by atoms with Crippen molar-refractivity contribution in [3.63, 3.8) is 0 Å². The van der Waals surface area contributed by atoms with Crippen LogP contribution in [0.3, 0.4) is 0 Å². The second kappa shape index (κ2) is 6.14. The van der Waals surface area contributed by atoms with Crippen LogP contribution in [0.5, 0.6) is 0 Å². The van der Waals surface area contributed by atoms with Crippen LogP contribution in [0.15, 0.2) is 65.3 Å². The molecule has 3 rings (SSSR count). The van der Waals surface area contributed by atoms with Crippen LogP contribution in [0.4, 0.5) is 5.95 Å². The number of nitrogens with zero attached hydrogens (tertiary/aromatic N) is 2. The third-order valence-corrected chi connectivity index (χ3v) is 3.90. The van der Waals surface area contributed by atoms with Crippen LogP contribution in [0.2, 0.25) is 0 Å². The fourth-order valence-corrected chi connectivity index (χ4v) is 2.67. The average Bonchev–Trinajstić information content (AvgIpc) is 2.87. The standard InChI is InChI=1S/C17H16BrN3/c1-21-16(14-8-5-9-15(18)10-14)12-20-17(21)19-11-13-6-3-2-4-7-13/h2-10,12H,11H2,1H3,(H,19,20). The van der Waals surface area contributed by atoms with E-state index in [2.05, 4.69) is 55.1 Å². The Hall–Kier alpha value is -2.07. The normalized spacial score (nSPS) is 10.6. The Morgan fingerprint density at radius 2 is 1.90 bits per heavy atom. The van der Waals surface area contributed by atoms with E-state index < -0.39 is 0 Å². The average molecular weight is 342 g/mol. The lowest BCUT2D eigenvalue weighted by Crippen LogP contribution is -2.05. The lowest BCUT2D eigenvalue weighted by Gasteiger charge is -2.08. The van der Waals surface area contributed by atoms with E-state index in [0.717, 1.165) is 28.2 Å². The third kappa shape index (κ3) is 3.16. The monoisotopic (exact) mass is 341 g/mol. The molecule has 0 fully saturated rings. The molecular formula is C17H16BrN3. The van der Waals surface area contributed by atoms with Gasteiger partial charge in [-0.05, 0) is 17.7 Å². The number of aromatic nitrogens is 2. The van der Waals surface area contributed by atoms with Gasteiger partial charge in [0, 0.05) is 23.6 Å². The Bertz CT molecular complexity index is 735. The molecule has 0 radical (unpaired) electrons. The first-order valence-corrected chi connectivity index (χ1v) is 7.59. The summed E-state index contributed by atoms with van der Waals surface area (Å²) >= 11 is 3.51. The minimum atomic E-state index is 0.767. The van der Waals surface area contributed by atoms with E-state index >= 15 is 0 Å². The van der Waals surface area contributed by atoms with Gasteiger partial charge >= 0.3 is 0 Å². The molecule has 106 valence electrons. The maximum Gasteiger partial charge on any atom is 0.203 e. The first-order chi connectivity index (χ1) is 10.2. The van der Waals surface area contributed by atoms with Gasteiger partial charge in [0.15, 0.2) is 0 Å². The zero-order chi connectivity index (χ0) is 14.7. The van der Waals surface area contributed by atoms with Gasteiger partial charge in [0.1, 0.15) is 0 Å². The van der Waals surface area contributed by atoms with Crippen LogP contribution in [-0.4, -0.2) is 9.55 Å². The highest BCUT2D eigenvalue weighted by atomic mass is 79.9. The number of imidazole rings is 1. The van der Waals surface area contributed by atoms with Gasteiger partial charge < -0.3 is 9.88 Å². The molecule has 21 heavy (non-hydrogen) atoms. The maximum absolute atomic E-state index is 4.47. The molecule has 0 saturated heterocycles. The first-order valence-electron chi connectivity index (χ1n) is 6.79. The van der Waals surface area contributed by atoms with Crippen molar-refractivity contribution in [2.24, 2.45) is 7.05 Å². The fourth-order valence-electron chi connectivity index (χ4n) is 2.27. The Labute approximate surface area is 132 Å². The van der Waals surface area contributed by atoms with E-state index in [1.165, 1.54) is 5.56 Å². The summed E-state index contributed by atoms with van der Waals surface area (Å²) in [5.74, 6) is 0.869. The van der Waals surface area contributed by atoms with E-state index in [4.69, 9.17) is 0 Å². The van der Waals surface area contributed by atoms with Crippen molar-refractivity contribution in [2.45, 2.75) is 6.54 Å². The van der Waals surface area contributed by atoms with Gasteiger partial charge in [-0.25, -0.2) is 4.98 Å². The van der Waals surface area contributed by atoms with Gasteiger partial charge in [0.2, 0.25) is 5.95 Å². The molecule has 1 N–H and O–H groups in total. The molecule has 0 spiro atoms. The summed E-state index contributed by atoms with van der Waals surface area (Å²) < 4.78 is 3.14. The number of benzene rings is 2. The summed E-state index contributed by atoms with van der Waals surface area (Å²) in [5.41, 5.74) is 3.48. The quantitative estimate of drug-likeness (QED) is 0.759. The zero-order valence-electron chi connectivity index (χ0n) is 11.8. The number of rotatable bonds is 4. The highest BCUT2D eigenvalue weighted by Gasteiger charge is 2.08. The van der Waals surface area contributed by atoms with Gasteiger partial charge in [-0.3, -0.25) is 0 Å². The summed E-state index contributed by atoms with van der Waals surface area (Å²) in [7, 11) is 2.02. The molecule has 0 aliphatic heterocycles. The van der Waals surface area contributed by atoms with Crippen molar-refractivity contribution in [2.75, 3.05) is 5.32 Å². The van der Waals surface area contributed by atoms with Gasteiger partial charge in [-0.1, -0.05) is 58.4 Å². The topological polar surface area (TPSA) is 29.9 Å². The molecule has 3 aromatic rings. The van der Waals surface area contributed by atoms with Crippen molar-refractivity contribution >= 4 is 21.9 Å². The number of anilines is 1. The summed E-state index contributed by atoms with van der Waals surface area (Å²) in [6, 6.07) is 18.6. The SMILES string of the molecule is Cn1c(-c2cccc(Br)c2)cnc1NCc1ccccc1. The van der Waals surface area contributed by atoms with Gasteiger partial charge in [0.05, 0.1) is 11.9 Å². The molecule has 1 heterocycles. The number of hydrogen-bond acceptors (Lipinski definition) is 2. The first kappa shape index (κ1) is 13.9. The Morgan fingerprint density at radius 1 is 1.10 bits per heavy atom. The number of halogens is 1. The number of nitrogens with one attached hydrogen (secondary N) is 1. The van der Waals surface area contributed by atoms with E-state index in [9.17, 15) is 0 Å². The highest BCUT2D eigenvalue weighted by molar-refractivity contribution is 9.10. The Morgan fingerprint density at radius 3 is 2.67 bits per heavy atom. The van der Waals surface area contributed by atoms with Gasteiger partial charge in [-0.2, -0.15) is 0 Å². The van der Waals surface area contributed by atoms with Crippen LogP contribution in [-0.2, 0) is 13.6 Å². The predicted molar refractivity (Wildman–Crippen MR) is 90.1 cm³/mol. The molecule has 0 saturated carbocycles. The molecule has 0 atom stereocenters. The van der Waals surface area contributed by atoms with Gasteiger partial charge in [-0.15, -0.1) is 0 Å². The van der Waals surface area contributed by atoms with E-state index in [1.807, 2.05) is 43.6 Å². The predicted octanol–water partition coefficient (Wildman–Crippen LogP) is 4.46. The zero-order valence-corrected chi connectivity index (χ0v) is 13.3. The summed E-state index contributed by atoms with van der Waals surface area (Å²) in [6.45, 7) is 0.767. The highest BCUT2D eigenvalue weighted by Crippen LogP contribution is 2.24.